The van der Waals surface area contributed by atoms with E-state index in [0.717, 1.165) is 33.4 Å². The fraction of sp³-hybridized carbons (Fsp3) is 0. The van der Waals surface area contributed by atoms with E-state index in [-0.39, 0.29) is 19.5 Å². The van der Waals surface area contributed by atoms with Crippen LogP contribution in [-0.2, 0) is 19.5 Å². The summed E-state index contributed by atoms with van der Waals surface area (Å²) in [6.07, 6.45) is 10.5. The van der Waals surface area contributed by atoms with Crippen LogP contribution in [0.4, 0.5) is 23.3 Å². The Kier molecular flexibility index (Phi) is 18.3. The minimum Gasteiger partial charge on any atom is -0.369 e. The summed E-state index contributed by atoms with van der Waals surface area (Å²) in [6.45, 7) is 0. The number of anilines is 2. The van der Waals surface area contributed by atoms with Crippen molar-refractivity contribution >= 4 is 45.1 Å². The van der Waals surface area contributed by atoms with Crippen LogP contribution in [0.15, 0.2) is 146 Å². The molecule has 1 radical (unpaired) electrons. The van der Waals surface area contributed by atoms with Gasteiger partial charge in [0.15, 0.2) is 0 Å². The Labute approximate surface area is 308 Å². The first-order valence-electron chi connectivity index (χ1n) is 13.8. The van der Waals surface area contributed by atoms with Crippen LogP contribution < -0.4 is 42.6 Å². The molecule has 7 aromatic rings. The zero-order valence-electron chi connectivity index (χ0n) is 25.9. The van der Waals surface area contributed by atoms with Gasteiger partial charge in [-0.05, 0) is 60.9 Å². The molecule has 0 fully saturated rings. The molecule has 0 aliphatic rings. The molecule has 0 bridgehead atoms. The van der Waals surface area contributed by atoms with Crippen molar-refractivity contribution in [1.29, 1.82) is 0 Å². The Morgan fingerprint density at radius 1 is 0.392 bits per heavy atom. The Morgan fingerprint density at radius 3 is 1.04 bits per heavy atom. The van der Waals surface area contributed by atoms with Gasteiger partial charge in [0.25, 0.3) is 0 Å². The molecule has 0 amide bonds. The predicted octanol–water partition coefficient (Wildman–Crippen LogP) is -1.70. The standard InChI is InChI=1S/C12H8N2.C10H9N3.C10H8N3.2ClHO4.Ru/c1-3-9-5-6-10-4-2-8-14-12(10)11(9)13-7-1;2*1-3-7-11-9(5-1)13-10-6-2-4-8-12-10;2*2-1(3,4)5;/h1-8H;1-8H,(H,11,12,13);1-8H;2*(H,2,3,4,5);/q;;-1;;;+3/p-2. The number of pyridine rings is 6. The van der Waals surface area contributed by atoms with E-state index in [0.29, 0.717) is 11.6 Å². The van der Waals surface area contributed by atoms with E-state index >= 15 is 0 Å². The number of halogens is 2. The number of aromatic nitrogens is 6. The average molecular weight is 822 g/mol. The van der Waals surface area contributed by atoms with Crippen molar-refractivity contribution in [3.63, 3.8) is 0 Å². The number of rotatable bonds is 4. The van der Waals surface area contributed by atoms with Gasteiger partial charge in [0, 0.05) is 47.2 Å². The fourth-order valence-corrected chi connectivity index (χ4v) is 3.64. The number of hydrogen-bond acceptors (Lipinski definition) is 15. The molecule has 0 aliphatic carbocycles. The summed E-state index contributed by atoms with van der Waals surface area (Å²) < 4.78 is 67.9. The van der Waals surface area contributed by atoms with Crippen molar-refractivity contribution in [3.8, 4) is 0 Å². The van der Waals surface area contributed by atoms with Gasteiger partial charge in [0.1, 0.15) is 11.6 Å². The molecular formula is C32H25Cl2N8O8Ru. The van der Waals surface area contributed by atoms with Crippen molar-refractivity contribution in [1.82, 2.24) is 29.9 Å². The molecule has 263 valence electrons. The smallest absolute Gasteiger partial charge is 0.369 e. The van der Waals surface area contributed by atoms with Gasteiger partial charge < -0.3 is 20.6 Å². The Bertz CT molecular complexity index is 1740. The summed E-state index contributed by atoms with van der Waals surface area (Å²) in [6, 6.07) is 34.7. The van der Waals surface area contributed by atoms with Gasteiger partial charge in [-0.1, -0.05) is 60.7 Å². The normalized spacial score (nSPS) is 10.2. The molecule has 1 aromatic carbocycles. The molecule has 6 aromatic heterocycles. The maximum Gasteiger partial charge on any atom is 3.00 e. The number of fused-ring (bicyclic) bond motifs is 3. The van der Waals surface area contributed by atoms with Crippen LogP contribution in [0, 0.1) is 20.5 Å². The van der Waals surface area contributed by atoms with E-state index in [1.807, 2.05) is 84.9 Å². The van der Waals surface area contributed by atoms with Crippen molar-refractivity contribution in [2.24, 2.45) is 0 Å². The summed E-state index contributed by atoms with van der Waals surface area (Å²) in [5.74, 6) is 2.98. The molecule has 7 rings (SSSR count). The van der Waals surface area contributed by atoms with Crippen molar-refractivity contribution in [2.75, 3.05) is 5.32 Å². The quantitative estimate of drug-likeness (QED) is 0.153. The van der Waals surface area contributed by atoms with Crippen LogP contribution in [0.1, 0.15) is 0 Å². The van der Waals surface area contributed by atoms with Crippen LogP contribution in [0.3, 0.4) is 0 Å². The fourth-order valence-electron chi connectivity index (χ4n) is 3.64. The second kappa shape index (κ2) is 22.0. The van der Waals surface area contributed by atoms with Crippen LogP contribution in [0.25, 0.3) is 27.1 Å². The Hall–Kier alpha value is -4.88. The third-order valence-corrected chi connectivity index (χ3v) is 5.46. The zero-order chi connectivity index (χ0) is 36.2. The summed E-state index contributed by atoms with van der Waals surface area (Å²) in [5, 5.41) is 9.58. The predicted molar refractivity (Wildman–Crippen MR) is 160 cm³/mol. The van der Waals surface area contributed by atoms with Crippen LogP contribution in [0.5, 0.6) is 0 Å². The first-order chi connectivity index (χ1) is 23.8. The maximum atomic E-state index is 8.49. The van der Waals surface area contributed by atoms with E-state index in [1.54, 1.807) is 37.2 Å². The van der Waals surface area contributed by atoms with Crippen molar-refractivity contribution in [2.45, 2.75) is 0 Å². The van der Waals surface area contributed by atoms with E-state index in [2.05, 4.69) is 64.8 Å². The van der Waals surface area contributed by atoms with E-state index < -0.39 is 20.5 Å². The number of nitrogens with one attached hydrogen (secondary N) is 1. The average Bonchev–Trinajstić information content (AvgIpc) is 3.09. The van der Waals surface area contributed by atoms with Gasteiger partial charge in [-0.25, -0.2) is 47.2 Å². The first-order valence-corrected chi connectivity index (χ1v) is 16.3. The van der Waals surface area contributed by atoms with Crippen molar-refractivity contribution in [3.05, 3.63) is 152 Å². The molecular weight excluding hydrogens is 796 g/mol. The monoisotopic (exact) mass is 821 g/mol. The van der Waals surface area contributed by atoms with E-state index in [1.165, 1.54) is 0 Å². The summed E-state index contributed by atoms with van der Waals surface area (Å²) in [4.78, 5) is 25.1. The van der Waals surface area contributed by atoms with E-state index in [4.69, 9.17) is 37.3 Å². The van der Waals surface area contributed by atoms with Crippen molar-refractivity contribution < 1.29 is 77.2 Å². The SMILES string of the molecule is [O-][Cl+3]([O-])([O-])[O-].[O-][Cl+3]([O-])([O-])[O-].[Ru+3].c1ccc(Nc2ccccn2)nc1.c1ccc([N-]c2ccccn2)nc1.c1cnc2c(c1)ccc1cccnc12. The van der Waals surface area contributed by atoms with Crippen LogP contribution in [0.2, 0.25) is 0 Å². The summed E-state index contributed by atoms with van der Waals surface area (Å²) >= 11 is 0. The molecule has 16 nitrogen and oxygen atoms in total. The number of benzene rings is 1. The second-order valence-corrected chi connectivity index (χ2v) is 10.5. The molecule has 0 atom stereocenters. The molecule has 51 heavy (non-hydrogen) atoms. The van der Waals surface area contributed by atoms with Gasteiger partial charge in [-0.15, -0.1) is 20.5 Å². The Balaban J connectivity index is 0.000000233. The van der Waals surface area contributed by atoms with Gasteiger partial charge in [0.2, 0.25) is 0 Å². The molecule has 0 saturated heterocycles. The second-order valence-electron chi connectivity index (χ2n) is 9.01. The molecule has 0 spiro atoms. The Morgan fingerprint density at radius 2 is 0.725 bits per heavy atom. The minimum absolute atomic E-state index is 0. The topological polar surface area (TPSA) is 288 Å². The number of nitrogens with zero attached hydrogens (tertiary/aromatic N) is 7. The van der Waals surface area contributed by atoms with Gasteiger partial charge in [-0.3, -0.25) is 9.97 Å². The van der Waals surface area contributed by atoms with E-state index in [9.17, 15) is 0 Å². The molecule has 0 saturated carbocycles. The third-order valence-electron chi connectivity index (χ3n) is 5.46. The largest absolute Gasteiger partial charge is 3.00 e. The summed E-state index contributed by atoms with van der Waals surface area (Å²) in [7, 11) is -9.89. The maximum absolute atomic E-state index is 8.49. The van der Waals surface area contributed by atoms with Crippen LogP contribution >= 0.6 is 0 Å². The van der Waals surface area contributed by atoms with Gasteiger partial charge in [0.05, 0.1) is 11.0 Å². The zero-order valence-corrected chi connectivity index (χ0v) is 29.1. The molecule has 0 aliphatic heterocycles. The summed E-state index contributed by atoms with van der Waals surface area (Å²) in [5.41, 5.74) is 1.95. The third kappa shape index (κ3) is 19.2. The van der Waals surface area contributed by atoms with Gasteiger partial charge in [-0.2, -0.15) is 0 Å². The molecule has 19 heteroatoms. The van der Waals surface area contributed by atoms with Gasteiger partial charge >= 0.3 is 19.5 Å². The first kappa shape index (κ1) is 42.3. The molecule has 1 N–H and O–H groups in total. The minimum atomic E-state index is -4.94. The number of hydrogen-bond donors (Lipinski definition) is 1. The van der Waals surface area contributed by atoms with Crippen LogP contribution in [-0.4, -0.2) is 29.9 Å². The molecule has 0 unspecified atom stereocenters. The molecule has 6 heterocycles.